The van der Waals surface area contributed by atoms with Crippen LogP contribution in [0.15, 0.2) is 53.6 Å². The molecule has 0 aliphatic carbocycles. The van der Waals surface area contributed by atoms with E-state index in [1.165, 1.54) is 12.3 Å². The van der Waals surface area contributed by atoms with E-state index in [2.05, 4.69) is 14.9 Å². The predicted octanol–water partition coefficient (Wildman–Crippen LogP) is 3.38. The first-order valence-electron chi connectivity index (χ1n) is 6.39. The lowest BCUT2D eigenvalue weighted by atomic mass is 10.2. The Bertz CT molecular complexity index is 947. The number of sulfonamides is 1. The van der Waals surface area contributed by atoms with E-state index in [0.29, 0.717) is 11.1 Å². The summed E-state index contributed by atoms with van der Waals surface area (Å²) in [7, 11) is -3.98. The van der Waals surface area contributed by atoms with Crippen LogP contribution in [0.2, 0.25) is 0 Å². The van der Waals surface area contributed by atoms with Crippen LogP contribution in [0.25, 0.3) is 10.9 Å². The summed E-state index contributed by atoms with van der Waals surface area (Å²) >= 11 is 0. The van der Waals surface area contributed by atoms with Gasteiger partial charge in [0.2, 0.25) is 0 Å². The molecule has 0 spiro atoms. The second-order valence-corrected chi connectivity index (χ2v) is 6.48. The fraction of sp³-hybridized carbons (Fsp3) is 0.0714. The Morgan fingerprint density at radius 3 is 2.39 bits per heavy atom. The molecule has 0 aliphatic heterocycles. The molecule has 3 aromatic rings. The lowest BCUT2D eigenvalue weighted by Crippen LogP contribution is -2.13. The maximum absolute atomic E-state index is 12.5. The van der Waals surface area contributed by atoms with Crippen LogP contribution in [0.4, 0.5) is 18.9 Å². The minimum absolute atomic E-state index is 0.252. The maximum atomic E-state index is 12.5. The van der Waals surface area contributed by atoms with Gasteiger partial charge < -0.3 is 0 Å². The number of fused-ring (bicyclic) bond motifs is 1. The largest absolute Gasteiger partial charge is 0.416 e. The number of benzene rings is 2. The fourth-order valence-electron chi connectivity index (χ4n) is 2.04. The standard InChI is InChI=1S/C14H10F3N3O2S/c15-14(16,17)10-1-4-12(5-2-10)23(21,22)20-11-3-6-13-9(7-11)8-18-19-13/h1-8,20H,(H,18,19). The van der Waals surface area contributed by atoms with Gasteiger partial charge in [-0.05, 0) is 42.5 Å². The molecule has 1 heterocycles. The molecule has 120 valence electrons. The van der Waals surface area contributed by atoms with Crippen LogP contribution in [0.3, 0.4) is 0 Å². The molecule has 2 N–H and O–H groups in total. The van der Waals surface area contributed by atoms with Crippen molar-refractivity contribution in [1.82, 2.24) is 10.2 Å². The first kappa shape index (κ1) is 15.3. The average Bonchev–Trinajstić information content (AvgIpc) is 2.93. The van der Waals surface area contributed by atoms with E-state index in [9.17, 15) is 21.6 Å². The van der Waals surface area contributed by atoms with Gasteiger partial charge in [-0.15, -0.1) is 0 Å². The summed E-state index contributed by atoms with van der Waals surface area (Å²) in [4.78, 5) is -0.252. The van der Waals surface area contributed by atoms with Crippen LogP contribution in [-0.4, -0.2) is 18.6 Å². The molecular weight excluding hydrogens is 331 g/mol. The zero-order valence-electron chi connectivity index (χ0n) is 11.4. The summed E-state index contributed by atoms with van der Waals surface area (Å²) in [6.45, 7) is 0. The zero-order chi connectivity index (χ0) is 16.7. The summed E-state index contributed by atoms with van der Waals surface area (Å²) in [5.41, 5.74) is 0.123. The van der Waals surface area contributed by atoms with Crippen LogP contribution in [0.5, 0.6) is 0 Å². The second kappa shape index (κ2) is 5.27. The van der Waals surface area contributed by atoms with Crippen molar-refractivity contribution in [2.45, 2.75) is 11.1 Å². The van der Waals surface area contributed by atoms with Crippen LogP contribution in [0, 0.1) is 0 Å². The van der Waals surface area contributed by atoms with Crippen LogP contribution >= 0.6 is 0 Å². The van der Waals surface area contributed by atoms with E-state index >= 15 is 0 Å². The highest BCUT2D eigenvalue weighted by atomic mass is 32.2. The van der Waals surface area contributed by atoms with Crippen molar-refractivity contribution >= 4 is 26.6 Å². The van der Waals surface area contributed by atoms with Crippen LogP contribution in [0.1, 0.15) is 5.56 Å². The lowest BCUT2D eigenvalue weighted by molar-refractivity contribution is -0.137. The second-order valence-electron chi connectivity index (χ2n) is 4.80. The number of aromatic amines is 1. The third-order valence-corrected chi connectivity index (χ3v) is 4.58. The van der Waals surface area contributed by atoms with Crippen molar-refractivity contribution in [3.63, 3.8) is 0 Å². The molecule has 3 rings (SSSR count). The molecule has 0 saturated carbocycles. The predicted molar refractivity (Wildman–Crippen MR) is 78.3 cm³/mol. The number of aromatic nitrogens is 2. The number of hydrogen-bond donors (Lipinski definition) is 2. The molecule has 23 heavy (non-hydrogen) atoms. The van der Waals surface area contributed by atoms with Gasteiger partial charge in [0.15, 0.2) is 0 Å². The summed E-state index contributed by atoms with van der Waals surface area (Å²) in [5.74, 6) is 0. The number of nitrogens with zero attached hydrogens (tertiary/aromatic N) is 1. The van der Waals surface area contributed by atoms with E-state index < -0.39 is 21.8 Å². The molecule has 0 fully saturated rings. The molecule has 5 nitrogen and oxygen atoms in total. The molecule has 0 atom stereocenters. The number of H-pyrrole nitrogens is 1. The molecule has 0 unspecified atom stereocenters. The van der Waals surface area contributed by atoms with Gasteiger partial charge >= 0.3 is 6.18 Å². The van der Waals surface area contributed by atoms with E-state index in [1.54, 1.807) is 12.1 Å². The summed E-state index contributed by atoms with van der Waals surface area (Å²) in [6, 6.07) is 8.04. The molecule has 0 saturated heterocycles. The topological polar surface area (TPSA) is 74.8 Å². The third kappa shape index (κ3) is 3.14. The summed E-state index contributed by atoms with van der Waals surface area (Å²) in [5, 5.41) is 7.25. The molecule has 2 aromatic carbocycles. The molecule has 9 heteroatoms. The van der Waals surface area contributed by atoms with Crippen molar-refractivity contribution in [3.8, 4) is 0 Å². The zero-order valence-corrected chi connectivity index (χ0v) is 12.2. The Morgan fingerprint density at radius 2 is 1.74 bits per heavy atom. The number of hydrogen-bond acceptors (Lipinski definition) is 3. The van der Waals surface area contributed by atoms with Gasteiger partial charge in [0.1, 0.15) is 0 Å². The highest BCUT2D eigenvalue weighted by Crippen LogP contribution is 2.30. The Hall–Kier alpha value is -2.55. The number of anilines is 1. The van der Waals surface area contributed by atoms with Gasteiger partial charge in [0, 0.05) is 11.1 Å². The Balaban J connectivity index is 1.88. The smallest absolute Gasteiger partial charge is 0.280 e. The van der Waals surface area contributed by atoms with Crippen molar-refractivity contribution in [3.05, 3.63) is 54.2 Å². The van der Waals surface area contributed by atoms with Crippen molar-refractivity contribution in [1.29, 1.82) is 0 Å². The van der Waals surface area contributed by atoms with Crippen molar-refractivity contribution in [2.24, 2.45) is 0 Å². The molecule has 0 aliphatic rings. The molecular formula is C14H10F3N3O2S. The lowest BCUT2D eigenvalue weighted by Gasteiger charge is -2.10. The normalized spacial score (nSPS) is 12.5. The fourth-order valence-corrected chi connectivity index (χ4v) is 3.09. The minimum Gasteiger partial charge on any atom is -0.280 e. The molecule has 1 aromatic heterocycles. The van der Waals surface area contributed by atoms with E-state index in [-0.39, 0.29) is 4.90 Å². The average molecular weight is 341 g/mol. The van der Waals surface area contributed by atoms with Gasteiger partial charge in [-0.25, -0.2) is 8.42 Å². The third-order valence-electron chi connectivity index (χ3n) is 3.18. The van der Waals surface area contributed by atoms with Crippen LogP contribution < -0.4 is 4.72 Å². The summed E-state index contributed by atoms with van der Waals surface area (Å²) in [6.07, 6.45) is -2.98. The number of rotatable bonds is 3. The summed E-state index contributed by atoms with van der Waals surface area (Å²) < 4.78 is 64.3. The van der Waals surface area contributed by atoms with Crippen molar-refractivity contribution < 1.29 is 21.6 Å². The van der Waals surface area contributed by atoms with Gasteiger partial charge in [-0.3, -0.25) is 9.82 Å². The first-order chi connectivity index (χ1) is 10.8. The highest BCUT2D eigenvalue weighted by Gasteiger charge is 2.30. The minimum atomic E-state index is -4.51. The molecule has 0 amide bonds. The van der Waals surface area contributed by atoms with E-state index in [4.69, 9.17) is 0 Å². The van der Waals surface area contributed by atoms with E-state index in [1.807, 2.05) is 0 Å². The van der Waals surface area contributed by atoms with E-state index in [0.717, 1.165) is 29.8 Å². The number of halogens is 3. The van der Waals surface area contributed by atoms with Crippen molar-refractivity contribution in [2.75, 3.05) is 4.72 Å². The maximum Gasteiger partial charge on any atom is 0.416 e. The quantitative estimate of drug-likeness (QED) is 0.767. The first-order valence-corrected chi connectivity index (χ1v) is 7.87. The number of alkyl halides is 3. The van der Waals surface area contributed by atoms with Gasteiger partial charge in [0.05, 0.1) is 22.2 Å². The molecule has 0 radical (unpaired) electrons. The van der Waals surface area contributed by atoms with Gasteiger partial charge in [-0.1, -0.05) is 0 Å². The number of nitrogens with one attached hydrogen (secondary N) is 2. The highest BCUT2D eigenvalue weighted by molar-refractivity contribution is 7.92. The Morgan fingerprint density at radius 1 is 1.04 bits per heavy atom. The Kier molecular flexibility index (Phi) is 3.52. The van der Waals surface area contributed by atoms with Gasteiger partial charge in [0.25, 0.3) is 10.0 Å². The van der Waals surface area contributed by atoms with Crippen LogP contribution in [-0.2, 0) is 16.2 Å². The monoisotopic (exact) mass is 341 g/mol. The SMILES string of the molecule is O=S(=O)(Nc1ccc2[nH]ncc2c1)c1ccc(C(F)(F)F)cc1. The Labute approximate surface area is 129 Å². The molecule has 0 bridgehead atoms. The van der Waals surface area contributed by atoms with Gasteiger partial charge in [-0.2, -0.15) is 18.3 Å².